The van der Waals surface area contributed by atoms with E-state index in [2.05, 4.69) is 33.0 Å². The third kappa shape index (κ3) is 5.34. The molecule has 0 saturated carbocycles. The van der Waals surface area contributed by atoms with Crippen LogP contribution >= 0.6 is 0 Å². The quantitative estimate of drug-likeness (QED) is 0.779. The van der Waals surface area contributed by atoms with Gasteiger partial charge in [0.15, 0.2) is 0 Å². The fourth-order valence-electron chi connectivity index (χ4n) is 2.45. The number of benzene rings is 1. The molecule has 0 aliphatic carbocycles. The minimum atomic E-state index is -4.27. The van der Waals surface area contributed by atoms with Crippen molar-refractivity contribution in [2.75, 3.05) is 13.1 Å². The summed E-state index contributed by atoms with van der Waals surface area (Å²) in [5.74, 6) is 1.20. The molecule has 0 fully saturated rings. The number of nitrogens with one attached hydrogen (secondary N) is 1. The van der Waals surface area contributed by atoms with Gasteiger partial charge in [0.1, 0.15) is 0 Å². The molecule has 0 aliphatic heterocycles. The molecule has 21 heavy (non-hydrogen) atoms. The predicted molar refractivity (Wildman–Crippen MR) is 81.5 cm³/mol. The van der Waals surface area contributed by atoms with Crippen molar-refractivity contribution in [1.29, 1.82) is 0 Å². The predicted octanol–water partition coefficient (Wildman–Crippen LogP) is 5.00. The van der Waals surface area contributed by atoms with Gasteiger partial charge in [-0.1, -0.05) is 33.8 Å². The summed E-state index contributed by atoms with van der Waals surface area (Å²) in [6.07, 6.45) is -4.27. The third-order valence-corrected chi connectivity index (χ3v) is 3.96. The lowest BCUT2D eigenvalue weighted by atomic mass is 9.85. The fraction of sp³-hybridized carbons (Fsp3) is 0.647. The van der Waals surface area contributed by atoms with Crippen LogP contribution in [0.2, 0.25) is 0 Å². The molecule has 0 amide bonds. The first kappa shape index (κ1) is 18.0. The normalized spacial score (nSPS) is 15.3. The van der Waals surface area contributed by atoms with Crippen molar-refractivity contribution >= 4 is 0 Å². The van der Waals surface area contributed by atoms with Crippen molar-refractivity contribution in [1.82, 2.24) is 5.32 Å². The van der Waals surface area contributed by atoms with Gasteiger partial charge in [0.2, 0.25) is 0 Å². The van der Waals surface area contributed by atoms with E-state index in [0.717, 1.165) is 18.7 Å². The second kappa shape index (κ2) is 7.30. The summed E-state index contributed by atoms with van der Waals surface area (Å²) >= 11 is 0. The number of hydrogen-bond acceptors (Lipinski definition) is 1. The largest absolute Gasteiger partial charge is 0.416 e. The second-order valence-corrected chi connectivity index (χ2v) is 6.39. The van der Waals surface area contributed by atoms with E-state index in [0.29, 0.717) is 17.4 Å². The molecular weight excluding hydrogens is 275 g/mol. The van der Waals surface area contributed by atoms with E-state index in [9.17, 15) is 13.2 Å². The zero-order valence-electron chi connectivity index (χ0n) is 13.5. The van der Waals surface area contributed by atoms with Gasteiger partial charge in [-0.25, -0.2) is 0 Å². The van der Waals surface area contributed by atoms with Gasteiger partial charge in [-0.05, 0) is 61.0 Å². The number of aryl methyl sites for hydroxylation is 1. The molecule has 0 saturated heterocycles. The van der Waals surface area contributed by atoms with Crippen LogP contribution in [0.4, 0.5) is 13.2 Å². The third-order valence-electron chi connectivity index (χ3n) is 3.96. The Morgan fingerprint density at radius 2 is 1.67 bits per heavy atom. The van der Waals surface area contributed by atoms with Gasteiger partial charge in [-0.2, -0.15) is 13.2 Å². The summed E-state index contributed by atoms with van der Waals surface area (Å²) in [5.41, 5.74) is 1.15. The van der Waals surface area contributed by atoms with Gasteiger partial charge in [-0.15, -0.1) is 0 Å². The first-order valence-corrected chi connectivity index (χ1v) is 7.51. The van der Waals surface area contributed by atoms with Gasteiger partial charge in [0.25, 0.3) is 0 Å². The molecular formula is C17H26F3N. The number of halogens is 3. The van der Waals surface area contributed by atoms with Crippen molar-refractivity contribution in [2.24, 2.45) is 11.8 Å². The minimum absolute atomic E-state index is 0.229. The van der Waals surface area contributed by atoms with Gasteiger partial charge in [0, 0.05) is 0 Å². The molecule has 2 atom stereocenters. The highest BCUT2D eigenvalue weighted by Gasteiger charge is 2.31. The van der Waals surface area contributed by atoms with Crippen LogP contribution in [-0.4, -0.2) is 13.1 Å². The fourth-order valence-corrected chi connectivity index (χ4v) is 2.45. The Hall–Kier alpha value is -1.03. The van der Waals surface area contributed by atoms with Crippen LogP contribution in [-0.2, 0) is 6.18 Å². The molecule has 2 unspecified atom stereocenters. The lowest BCUT2D eigenvalue weighted by Crippen LogP contribution is -2.27. The summed E-state index contributed by atoms with van der Waals surface area (Å²) in [5, 5.41) is 3.41. The minimum Gasteiger partial charge on any atom is -0.316 e. The zero-order chi connectivity index (χ0) is 16.2. The molecule has 0 bridgehead atoms. The highest BCUT2D eigenvalue weighted by molar-refractivity contribution is 5.35. The van der Waals surface area contributed by atoms with E-state index in [1.807, 2.05) is 0 Å². The van der Waals surface area contributed by atoms with Crippen LogP contribution in [0.5, 0.6) is 0 Å². The highest BCUT2D eigenvalue weighted by atomic mass is 19.4. The van der Waals surface area contributed by atoms with E-state index < -0.39 is 11.7 Å². The maximum Gasteiger partial charge on any atom is 0.416 e. The average Bonchev–Trinajstić information content (AvgIpc) is 2.36. The molecule has 0 heterocycles. The van der Waals surface area contributed by atoms with Gasteiger partial charge in [0.05, 0.1) is 5.56 Å². The monoisotopic (exact) mass is 301 g/mol. The lowest BCUT2D eigenvalue weighted by molar-refractivity contribution is -0.137. The van der Waals surface area contributed by atoms with E-state index in [-0.39, 0.29) is 5.92 Å². The Morgan fingerprint density at radius 1 is 1.05 bits per heavy atom. The zero-order valence-corrected chi connectivity index (χ0v) is 13.5. The Kier molecular flexibility index (Phi) is 6.26. The summed E-state index contributed by atoms with van der Waals surface area (Å²) in [6, 6.07) is 4.06. The average molecular weight is 301 g/mol. The molecule has 0 spiro atoms. The Bertz CT molecular complexity index is 452. The molecule has 1 aromatic carbocycles. The number of hydrogen-bond donors (Lipinski definition) is 1. The number of rotatable bonds is 6. The van der Waals surface area contributed by atoms with Crippen molar-refractivity contribution in [2.45, 2.75) is 46.7 Å². The van der Waals surface area contributed by atoms with Gasteiger partial charge < -0.3 is 5.32 Å². The Balaban J connectivity index is 2.76. The van der Waals surface area contributed by atoms with Crippen LogP contribution in [0.1, 0.15) is 50.3 Å². The first-order chi connectivity index (χ1) is 9.62. The molecule has 0 radical (unpaired) electrons. The topological polar surface area (TPSA) is 12.0 Å². The van der Waals surface area contributed by atoms with Gasteiger partial charge >= 0.3 is 6.18 Å². The lowest BCUT2D eigenvalue weighted by Gasteiger charge is -2.23. The SMILES string of the molecule is Cc1cc(C(F)(F)F)ccc1C(C)C(C)CNCC(C)C. The summed E-state index contributed by atoms with van der Waals surface area (Å²) in [6.45, 7) is 12.1. The molecule has 0 aliphatic rings. The molecule has 1 aromatic rings. The van der Waals surface area contributed by atoms with Crippen LogP contribution in [0.25, 0.3) is 0 Å². The molecule has 1 nitrogen and oxygen atoms in total. The molecule has 1 rings (SSSR count). The van der Waals surface area contributed by atoms with Crippen LogP contribution in [0, 0.1) is 18.8 Å². The van der Waals surface area contributed by atoms with Crippen LogP contribution in [0.3, 0.4) is 0 Å². The van der Waals surface area contributed by atoms with Crippen molar-refractivity contribution < 1.29 is 13.2 Å². The maximum atomic E-state index is 12.7. The maximum absolute atomic E-state index is 12.7. The van der Waals surface area contributed by atoms with Crippen LogP contribution < -0.4 is 5.32 Å². The smallest absolute Gasteiger partial charge is 0.316 e. The molecule has 0 aromatic heterocycles. The van der Waals surface area contributed by atoms with Crippen molar-refractivity contribution in [3.05, 3.63) is 34.9 Å². The van der Waals surface area contributed by atoms with E-state index >= 15 is 0 Å². The molecule has 120 valence electrons. The molecule has 1 N–H and O–H groups in total. The second-order valence-electron chi connectivity index (χ2n) is 6.39. The van der Waals surface area contributed by atoms with Crippen molar-refractivity contribution in [3.8, 4) is 0 Å². The van der Waals surface area contributed by atoms with E-state index in [1.165, 1.54) is 12.1 Å². The summed E-state index contributed by atoms with van der Waals surface area (Å²) < 4.78 is 38.1. The summed E-state index contributed by atoms with van der Waals surface area (Å²) in [7, 11) is 0. The first-order valence-electron chi connectivity index (χ1n) is 7.51. The number of alkyl halides is 3. The Morgan fingerprint density at radius 3 is 2.14 bits per heavy atom. The Labute approximate surface area is 125 Å². The van der Waals surface area contributed by atoms with Gasteiger partial charge in [-0.3, -0.25) is 0 Å². The van der Waals surface area contributed by atoms with Crippen LogP contribution in [0.15, 0.2) is 18.2 Å². The standard InChI is InChI=1S/C17H26F3N/c1-11(2)9-21-10-13(4)14(5)16-7-6-15(8-12(16)3)17(18,19)20/h6-8,11,13-14,21H,9-10H2,1-5H3. The molecule has 4 heteroatoms. The summed E-state index contributed by atoms with van der Waals surface area (Å²) in [4.78, 5) is 0. The van der Waals surface area contributed by atoms with Crippen molar-refractivity contribution in [3.63, 3.8) is 0 Å². The van der Waals surface area contributed by atoms with E-state index in [4.69, 9.17) is 0 Å². The van der Waals surface area contributed by atoms with E-state index in [1.54, 1.807) is 13.0 Å². The highest BCUT2D eigenvalue weighted by Crippen LogP contribution is 2.33.